The number of nitrogens with one attached hydrogen (secondary N) is 2. The van der Waals surface area contributed by atoms with Crippen LogP contribution in [0.1, 0.15) is 22.8 Å². The van der Waals surface area contributed by atoms with Gasteiger partial charge >= 0.3 is 0 Å². The van der Waals surface area contributed by atoms with Gasteiger partial charge in [0.15, 0.2) is 0 Å². The van der Waals surface area contributed by atoms with Crippen LogP contribution in [0.3, 0.4) is 0 Å². The summed E-state index contributed by atoms with van der Waals surface area (Å²) in [5.74, 6) is 0.566. The molecule has 0 bridgehead atoms. The van der Waals surface area contributed by atoms with E-state index in [1.54, 1.807) is 18.3 Å². The Balaban J connectivity index is 1.63. The highest BCUT2D eigenvalue weighted by molar-refractivity contribution is 9.10. The molecule has 0 fully saturated rings. The summed E-state index contributed by atoms with van der Waals surface area (Å²) in [6.07, 6.45) is 2.66. The highest BCUT2D eigenvalue weighted by Gasteiger charge is 2.06. The normalized spacial score (nSPS) is 10.3. The third kappa shape index (κ3) is 4.67. The van der Waals surface area contributed by atoms with E-state index in [0.29, 0.717) is 11.3 Å². The van der Waals surface area contributed by atoms with Crippen LogP contribution in [0.25, 0.3) is 0 Å². The Morgan fingerprint density at radius 2 is 1.64 bits per heavy atom. The topological polar surface area (TPSA) is 54.0 Å². The van der Waals surface area contributed by atoms with Gasteiger partial charge in [0.25, 0.3) is 5.91 Å². The fourth-order valence-corrected chi connectivity index (χ4v) is 2.58. The lowest BCUT2D eigenvalue weighted by atomic mass is 10.1. The molecule has 1 heterocycles. The Morgan fingerprint density at radius 1 is 0.960 bits per heavy atom. The average molecular weight is 396 g/mol. The van der Waals surface area contributed by atoms with Crippen molar-refractivity contribution in [1.82, 2.24) is 4.98 Å². The number of aromatic nitrogens is 1. The van der Waals surface area contributed by atoms with Crippen molar-refractivity contribution in [3.05, 3.63) is 82.5 Å². The first-order valence-electron chi connectivity index (χ1n) is 8.03. The molecule has 0 unspecified atom stereocenters. The molecule has 3 aromatic rings. The van der Waals surface area contributed by atoms with Crippen molar-refractivity contribution in [1.29, 1.82) is 0 Å². The molecule has 126 valence electrons. The summed E-state index contributed by atoms with van der Waals surface area (Å²) >= 11 is 3.36. The predicted molar refractivity (Wildman–Crippen MR) is 105 cm³/mol. The molecule has 5 heteroatoms. The summed E-state index contributed by atoms with van der Waals surface area (Å²) in [5.41, 5.74) is 3.53. The molecule has 0 aliphatic carbocycles. The zero-order valence-electron chi connectivity index (χ0n) is 13.8. The number of pyridine rings is 1. The van der Waals surface area contributed by atoms with E-state index in [-0.39, 0.29) is 5.91 Å². The number of carbonyl (C=O) groups excluding carboxylic acids is 1. The molecule has 0 aliphatic heterocycles. The summed E-state index contributed by atoms with van der Waals surface area (Å²) in [5, 5.41) is 6.08. The van der Waals surface area contributed by atoms with Gasteiger partial charge in [-0.1, -0.05) is 35.0 Å². The number of anilines is 3. The van der Waals surface area contributed by atoms with Crippen molar-refractivity contribution in [2.24, 2.45) is 0 Å². The van der Waals surface area contributed by atoms with Gasteiger partial charge in [-0.25, -0.2) is 4.98 Å². The highest BCUT2D eigenvalue weighted by Crippen LogP contribution is 2.18. The van der Waals surface area contributed by atoms with Crippen LogP contribution in [0.4, 0.5) is 17.2 Å². The Labute approximate surface area is 155 Å². The van der Waals surface area contributed by atoms with Crippen molar-refractivity contribution < 1.29 is 4.79 Å². The molecule has 1 amide bonds. The molecule has 2 aromatic carbocycles. The number of benzene rings is 2. The van der Waals surface area contributed by atoms with E-state index in [9.17, 15) is 4.79 Å². The molecule has 25 heavy (non-hydrogen) atoms. The lowest BCUT2D eigenvalue weighted by Gasteiger charge is -2.08. The molecule has 2 N–H and O–H groups in total. The van der Waals surface area contributed by atoms with Crippen molar-refractivity contribution in [2.75, 3.05) is 10.6 Å². The van der Waals surface area contributed by atoms with Crippen molar-refractivity contribution in [2.45, 2.75) is 13.3 Å². The van der Waals surface area contributed by atoms with Gasteiger partial charge in [0.1, 0.15) is 5.82 Å². The highest BCUT2D eigenvalue weighted by atomic mass is 79.9. The zero-order chi connectivity index (χ0) is 17.6. The number of aryl methyl sites for hydroxylation is 1. The van der Waals surface area contributed by atoms with E-state index in [4.69, 9.17) is 0 Å². The van der Waals surface area contributed by atoms with Gasteiger partial charge in [0, 0.05) is 15.7 Å². The molecule has 4 nitrogen and oxygen atoms in total. The third-order valence-corrected chi connectivity index (χ3v) is 4.29. The second-order valence-corrected chi connectivity index (χ2v) is 6.48. The molecule has 3 rings (SSSR count). The number of hydrogen-bond donors (Lipinski definition) is 2. The fraction of sp³-hybridized carbons (Fsp3) is 0.100. The summed E-state index contributed by atoms with van der Waals surface area (Å²) in [7, 11) is 0. The number of nitrogens with zero attached hydrogens (tertiary/aromatic N) is 1. The maximum Gasteiger partial charge on any atom is 0.255 e. The van der Waals surface area contributed by atoms with E-state index in [1.165, 1.54) is 5.56 Å². The molecule has 0 spiro atoms. The zero-order valence-corrected chi connectivity index (χ0v) is 15.4. The maximum atomic E-state index is 12.2. The van der Waals surface area contributed by atoms with Crippen molar-refractivity contribution >= 4 is 39.0 Å². The fourth-order valence-electron chi connectivity index (χ4n) is 2.32. The summed E-state index contributed by atoms with van der Waals surface area (Å²) in [6, 6.07) is 19.1. The van der Waals surface area contributed by atoms with E-state index in [2.05, 4.69) is 50.6 Å². The van der Waals surface area contributed by atoms with Gasteiger partial charge in [-0.15, -0.1) is 0 Å². The second kappa shape index (κ2) is 7.94. The molecular weight excluding hydrogens is 378 g/mol. The molecule has 0 radical (unpaired) electrons. The minimum Gasteiger partial charge on any atom is -0.340 e. The first kappa shape index (κ1) is 17.2. The molecule has 1 aromatic heterocycles. The van der Waals surface area contributed by atoms with Gasteiger partial charge in [-0.2, -0.15) is 0 Å². The smallest absolute Gasteiger partial charge is 0.255 e. The van der Waals surface area contributed by atoms with Crippen LogP contribution in [-0.2, 0) is 6.42 Å². The number of carbonyl (C=O) groups is 1. The first-order valence-corrected chi connectivity index (χ1v) is 8.82. The molecule has 0 saturated carbocycles. The lowest BCUT2D eigenvalue weighted by molar-refractivity contribution is 0.102. The number of amides is 1. The first-order chi connectivity index (χ1) is 12.1. The van der Waals surface area contributed by atoms with E-state index >= 15 is 0 Å². The quantitative estimate of drug-likeness (QED) is 0.607. The van der Waals surface area contributed by atoms with Crippen molar-refractivity contribution in [3.8, 4) is 0 Å². The third-order valence-electron chi connectivity index (χ3n) is 3.76. The van der Waals surface area contributed by atoms with Gasteiger partial charge in [-0.3, -0.25) is 4.79 Å². The predicted octanol–water partition coefficient (Wildman–Crippen LogP) is 5.40. The molecule has 0 aliphatic rings. The maximum absolute atomic E-state index is 12.2. The number of hydrogen-bond acceptors (Lipinski definition) is 3. The number of rotatable bonds is 5. The van der Waals surface area contributed by atoms with Crippen LogP contribution in [0.15, 0.2) is 71.3 Å². The Kier molecular flexibility index (Phi) is 5.46. The Morgan fingerprint density at radius 3 is 2.24 bits per heavy atom. The average Bonchev–Trinajstić information content (AvgIpc) is 2.64. The largest absolute Gasteiger partial charge is 0.340 e. The summed E-state index contributed by atoms with van der Waals surface area (Å²) in [4.78, 5) is 16.5. The van der Waals surface area contributed by atoms with Crippen LogP contribution < -0.4 is 10.6 Å². The SMILES string of the molecule is CCc1ccc(Nc2ccc(NC(=O)c3ccc(Br)cc3)cn2)cc1. The molecule has 0 saturated heterocycles. The molecular formula is C20H18BrN3O. The van der Waals surface area contributed by atoms with Gasteiger partial charge < -0.3 is 10.6 Å². The Bertz CT molecular complexity index is 844. The van der Waals surface area contributed by atoms with E-state index in [1.807, 2.05) is 36.4 Å². The van der Waals surface area contributed by atoms with Crippen LogP contribution in [0.2, 0.25) is 0 Å². The van der Waals surface area contributed by atoms with Gasteiger partial charge in [-0.05, 0) is 60.5 Å². The number of halogens is 1. The summed E-state index contributed by atoms with van der Waals surface area (Å²) in [6.45, 7) is 2.13. The van der Waals surface area contributed by atoms with Crippen LogP contribution in [0.5, 0.6) is 0 Å². The van der Waals surface area contributed by atoms with Gasteiger partial charge in [0.05, 0.1) is 11.9 Å². The molecule has 0 atom stereocenters. The van der Waals surface area contributed by atoms with Crippen LogP contribution in [-0.4, -0.2) is 10.9 Å². The van der Waals surface area contributed by atoms with Crippen molar-refractivity contribution in [3.63, 3.8) is 0 Å². The monoisotopic (exact) mass is 395 g/mol. The standard InChI is InChI=1S/C20H18BrN3O/c1-2-14-3-9-17(10-4-14)23-19-12-11-18(13-22-19)24-20(25)15-5-7-16(21)8-6-15/h3-13H,2H2,1H3,(H,22,23)(H,24,25). The van der Waals surface area contributed by atoms with Crippen LogP contribution in [0, 0.1) is 0 Å². The Hall–Kier alpha value is -2.66. The summed E-state index contributed by atoms with van der Waals surface area (Å²) < 4.78 is 0.938. The van der Waals surface area contributed by atoms with E-state index in [0.717, 1.165) is 22.4 Å². The lowest BCUT2D eigenvalue weighted by Crippen LogP contribution is -2.11. The minimum absolute atomic E-state index is 0.162. The minimum atomic E-state index is -0.162. The van der Waals surface area contributed by atoms with Crippen LogP contribution >= 0.6 is 15.9 Å². The van der Waals surface area contributed by atoms with Gasteiger partial charge in [0.2, 0.25) is 0 Å². The second-order valence-electron chi connectivity index (χ2n) is 5.57. The van der Waals surface area contributed by atoms with E-state index < -0.39 is 0 Å².